The van der Waals surface area contributed by atoms with Crippen LogP contribution < -0.4 is 11.1 Å². The van der Waals surface area contributed by atoms with Gasteiger partial charge in [0.15, 0.2) is 0 Å². The van der Waals surface area contributed by atoms with Gasteiger partial charge in [0.1, 0.15) is 11.6 Å². The predicted octanol–water partition coefficient (Wildman–Crippen LogP) is 1.11. The topological polar surface area (TPSA) is 76.7 Å². The average molecular weight is 215 g/mol. The summed E-state index contributed by atoms with van der Waals surface area (Å²) in [5, 5.41) is 10.8. The second-order valence-corrected chi connectivity index (χ2v) is 3.38. The van der Waals surface area contributed by atoms with Crippen LogP contribution >= 0.6 is 0 Å². The molecule has 2 heterocycles. The number of nitrogen functional groups attached to an aromatic ring is 1. The van der Waals surface area contributed by atoms with Crippen LogP contribution in [0.2, 0.25) is 0 Å². The molecule has 16 heavy (non-hydrogen) atoms. The number of nitrogens with zero attached hydrogens (tertiary/aromatic N) is 3. The first-order valence-electron chi connectivity index (χ1n) is 5.06. The van der Waals surface area contributed by atoms with E-state index in [0.717, 1.165) is 18.8 Å². The summed E-state index contributed by atoms with van der Waals surface area (Å²) in [5.74, 6) is 1.17. The molecular weight excluding hydrogens is 202 g/mol. The highest BCUT2D eigenvalue weighted by Crippen LogP contribution is 2.03. The fourth-order valence-electron chi connectivity index (χ4n) is 1.32. The van der Waals surface area contributed by atoms with Crippen molar-refractivity contribution in [3.8, 4) is 0 Å². The molecule has 0 amide bonds. The van der Waals surface area contributed by atoms with E-state index in [2.05, 4.69) is 20.5 Å². The van der Waals surface area contributed by atoms with Crippen LogP contribution in [0.5, 0.6) is 0 Å². The van der Waals surface area contributed by atoms with Gasteiger partial charge >= 0.3 is 0 Å². The molecule has 0 fully saturated rings. The van der Waals surface area contributed by atoms with Gasteiger partial charge in [0.2, 0.25) is 0 Å². The van der Waals surface area contributed by atoms with E-state index in [-0.39, 0.29) is 0 Å². The monoisotopic (exact) mass is 215 g/mol. The molecule has 0 spiro atoms. The molecule has 82 valence electrons. The minimum atomic E-state index is 0.430. The number of nitrogens with two attached hydrogens (primary N) is 1. The number of hydrogen-bond donors (Lipinski definition) is 2. The van der Waals surface area contributed by atoms with Gasteiger partial charge in [-0.15, -0.1) is 10.2 Å². The van der Waals surface area contributed by atoms with Crippen LogP contribution in [0.3, 0.4) is 0 Å². The third kappa shape index (κ3) is 2.91. The third-order valence-electron chi connectivity index (χ3n) is 2.15. The molecule has 0 aliphatic rings. The fourth-order valence-corrected chi connectivity index (χ4v) is 1.32. The zero-order chi connectivity index (χ0) is 11.2. The number of pyridine rings is 1. The van der Waals surface area contributed by atoms with Crippen molar-refractivity contribution in [2.45, 2.75) is 6.42 Å². The Bertz CT molecular complexity index is 426. The van der Waals surface area contributed by atoms with Crippen LogP contribution in [0.25, 0.3) is 0 Å². The summed E-state index contributed by atoms with van der Waals surface area (Å²) in [6.45, 7) is 0.808. The Morgan fingerprint density at radius 3 is 2.56 bits per heavy atom. The lowest BCUT2D eigenvalue weighted by molar-refractivity contribution is 0.968. The van der Waals surface area contributed by atoms with Gasteiger partial charge in [-0.05, 0) is 36.2 Å². The molecule has 0 aliphatic carbocycles. The van der Waals surface area contributed by atoms with Crippen LogP contribution in [0.15, 0.2) is 36.7 Å². The zero-order valence-corrected chi connectivity index (χ0v) is 8.80. The highest BCUT2D eigenvalue weighted by atomic mass is 15.2. The second-order valence-electron chi connectivity index (χ2n) is 3.38. The van der Waals surface area contributed by atoms with Gasteiger partial charge in [0.25, 0.3) is 0 Å². The van der Waals surface area contributed by atoms with E-state index in [1.54, 1.807) is 18.5 Å². The van der Waals surface area contributed by atoms with E-state index < -0.39 is 0 Å². The maximum atomic E-state index is 5.44. The van der Waals surface area contributed by atoms with Crippen molar-refractivity contribution in [2.24, 2.45) is 0 Å². The highest BCUT2D eigenvalue weighted by Gasteiger charge is 1.95. The number of aromatic nitrogens is 3. The Kier molecular flexibility index (Phi) is 3.28. The van der Waals surface area contributed by atoms with Gasteiger partial charge < -0.3 is 11.1 Å². The summed E-state index contributed by atoms with van der Waals surface area (Å²) < 4.78 is 0. The summed E-state index contributed by atoms with van der Waals surface area (Å²) in [6.07, 6.45) is 4.51. The molecule has 3 N–H and O–H groups in total. The van der Waals surface area contributed by atoms with Crippen molar-refractivity contribution >= 4 is 11.6 Å². The lowest BCUT2D eigenvalue weighted by atomic mass is 10.2. The molecule has 0 atom stereocenters. The summed E-state index contributed by atoms with van der Waals surface area (Å²) in [4.78, 5) is 3.96. The normalized spacial score (nSPS) is 10.0. The average Bonchev–Trinajstić information content (AvgIpc) is 2.33. The first kappa shape index (κ1) is 10.4. The Morgan fingerprint density at radius 1 is 1.06 bits per heavy atom. The minimum Gasteiger partial charge on any atom is -0.382 e. The second kappa shape index (κ2) is 5.06. The van der Waals surface area contributed by atoms with Gasteiger partial charge in [-0.1, -0.05) is 0 Å². The van der Waals surface area contributed by atoms with E-state index >= 15 is 0 Å². The van der Waals surface area contributed by atoms with Crippen molar-refractivity contribution in [1.29, 1.82) is 0 Å². The Morgan fingerprint density at radius 2 is 1.88 bits per heavy atom. The van der Waals surface area contributed by atoms with Crippen molar-refractivity contribution in [1.82, 2.24) is 15.2 Å². The van der Waals surface area contributed by atoms with E-state index in [1.807, 2.05) is 18.2 Å². The van der Waals surface area contributed by atoms with Gasteiger partial charge in [0, 0.05) is 18.9 Å². The van der Waals surface area contributed by atoms with Crippen LogP contribution in [0, 0.1) is 0 Å². The van der Waals surface area contributed by atoms with Gasteiger partial charge in [-0.2, -0.15) is 0 Å². The largest absolute Gasteiger partial charge is 0.382 e. The van der Waals surface area contributed by atoms with Crippen molar-refractivity contribution < 1.29 is 0 Å². The van der Waals surface area contributed by atoms with Crippen molar-refractivity contribution in [3.63, 3.8) is 0 Å². The van der Waals surface area contributed by atoms with Crippen LogP contribution in [-0.2, 0) is 6.42 Å². The Labute approximate surface area is 93.7 Å². The highest BCUT2D eigenvalue weighted by molar-refractivity contribution is 5.38. The standard InChI is InChI=1S/C11H13N5/c12-10-1-2-11(16-15-10)14-8-5-9-3-6-13-7-4-9/h1-4,6-7H,5,8H2,(H2,12,15)(H,14,16). The minimum absolute atomic E-state index is 0.430. The van der Waals surface area contributed by atoms with Crippen LogP contribution in [-0.4, -0.2) is 21.7 Å². The molecule has 2 aromatic rings. The first-order valence-corrected chi connectivity index (χ1v) is 5.06. The van der Waals surface area contributed by atoms with E-state index in [9.17, 15) is 0 Å². The fraction of sp³-hybridized carbons (Fsp3) is 0.182. The SMILES string of the molecule is Nc1ccc(NCCc2ccncc2)nn1. The molecule has 0 aromatic carbocycles. The van der Waals surface area contributed by atoms with Gasteiger partial charge in [0.05, 0.1) is 0 Å². The maximum Gasteiger partial charge on any atom is 0.148 e. The first-order chi connectivity index (χ1) is 7.84. The molecule has 0 saturated heterocycles. The number of hydrogen-bond acceptors (Lipinski definition) is 5. The molecule has 5 nitrogen and oxygen atoms in total. The molecule has 0 bridgehead atoms. The summed E-state index contributed by atoms with van der Waals surface area (Å²) in [6, 6.07) is 7.53. The molecule has 5 heteroatoms. The summed E-state index contributed by atoms with van der Waals surface area (Å²) >= 11 is 0. The Balaban J connectivity index is 1.82. The van der Waals surface area contributed by atoms with E-state index in [4.69, 9.17) is 5.73 Å². The van der Waals surface area contributed by atoms with E-state index in [1.165, 1.54) is 5.56 Å². The van der Waals surface area contributed by atoms with Crippen LogP contribution in [0.4, 0.5) is 11.6 Å². The molecule has 0 radical (unpaired) electrons. The number of anilines is 2. The molecule has 0 unspecified atom stereocenters. The summed E-state index contributed by atoms with van der Waals surface area (Å²) in [7, 11) is 0. The van der Waals surface area contributed by atoms with Crippen molar-refractivity contribution in [2.75, 3.05) is 17.6 Å². The molecule has 2 aromatic heterocycles. The number of rotatable bonds is 4. The molecule has 0 aliphatic heterocycles. The molecule has 0 saturated carbocycles. The third-order valence-corrected chi connectivity index (χ3v) is 2.15. The molecule has 2 rings (SSSR count). The van der Waals surface area contributed by atoms with Gasteiger partial charge in [-0.25, -0.2) is 0 Å². The number of nitrogens with one attached hydrogen (secondary N) is 1. The van der Waals surface area contributed by atoms with Crippen LogP contribution in [0.1, 0.15) is 5.56 Å². The van der Waals surface area contributed by atoms with Gasteiger partial charge in [-0.3, -0.25) is 4.98 Å². The summed E-state index contributed by atoms with van der Waals surface area (Å²) in [5.41, 5.74) is 6.68. The van der Waals surface area contributed by atoms with Crippen molar-refractivity contribution in [3.05, 3.63) is 42.2 Å². The zero-order valence-electron chi connectivity index (χ0n) is 8.80. The smallest absolute Gasteiger partial charge is 0.148 e. The maximum absolute atomic E-state index is 5.44. The lowest BCUT2D eigenvalue weighted by Crippen LogP contribution is -2.07. The molecular formula is C11H13N5. The lowest BCUT2D eigenvalue weighted by Gasteiger charge is -2.04. The Hall–Kier alpha value is -2.17. The predicted molar refractivity (Wildman–Crippen MR) is 62.9 cm³/mol. The quantitative estimate of drug-likeness (QED) is 0.798. The van der Waals surface area contributed by atoms with E-state index in [0.29, 0.717) is 5.82 Å².